The number of amides is 1. The minimum absolute atomic E-state index is 0. The molecule has 5 rings (SSSR count). The molecule has 176 valence electrons. The van der Waals surface area contributed by atoms with Gasteiger partial charge in [-0.3, -0.25) is 9.69 Å². The van der Waals surface area contributed by atoms with E-state index in [1.165, 1.54) is 11.1 Å². The van der Waals surface area contributed by atoms with Crippen molar-refractivity contribution in [2.75, 3.05) is 49.5 Å². The third kappa shape index (κ3) is 5.42. The molecule has 0 aliphatic carbocycles. The molecule has 2 aliphatic rings. The van der Waals surface area contributed by atoms with Crippen molar-refractivity contribution in [3.05, 3.63) is 47.5 Å². The SMILES string of the molecule is Cc1ccc2c(N3CCN(CCCCOc4ccc5c(c4)NC(=O)CC5)CC3)noc2c1.Cl. The van der Waals surface area contributed by atoms with Gasteiger partial charge >= 0.3 is 0 Å². The summed E-state index contributed by atoms with van der Waals surface area (Å²) in [5, 5.41) is 8.35. The van der Waals surface area contributed by atoms with Crippen LogP contribution in [0.5, 0.6) is 5.75 Å². The van der Waals surface area contributed by atoms with Gasteiger partial charge in [0.1, 0.15) is 5.75 Å². The lowest BCUT2D eigenvalue weighted by Gasteiger charge is -2.34. The average molecular weight is 471 g/mol. The number of carbonyl (C=O) groups is 1. The van der Waals surface area contributed by atoms with Crippen molar-refractivity contribution in [2.45, 2.75) is 32.6 Å². The first kappa shape index (κ1) is 23.4. The second kappa shape index (κ2) is 10.4. The number of piperazine rings is 1. The number of benzene rings is 2. The summed E-state index contributed by atoms with van der Waals surface area (Å²) in [4.78, 5) is 16.4. The molecule has 0 saturated carbocycles. The summed E-state index contributed by atoms with van der Waals surface area (Å²) in [6.45, 7) is 7.84. The molecule has 8 heteroatoms. The molecule has 1 saturated heterocycles. The van der Waals surface area contributed by atoms with Crippen molar-refractivity contribution in [1.29, 1.82) is 0 Å². The molecule has 0 spiro atoms. The van der Waals surface area contributed by atoms with Crippen molar-refractivity contribution in [3.63, 3.8) is 0 Å². The number of halogens is 1. The highest BCUT2D eigenvalue weighted by Gasteiger charge is 2.21. The van der Waals surface area contributed by atoms with E-state index >= 15 is 0 Å². The zero-order valence-electron chi connectivity index (χ0n) is 19.0. The Bertz CT molecular complexity index is 1110. The first-order chi connectivity index (χ1) is 15.7. The van der Waals surface area contributed by atoms with Crippen molar-refractivity contribution >= 4 is 40.8 Å². The maximum atomic E-state index is 11.6. The Morgan fingerprint density at radius 3 is 2.76 bits per heavy atom. The van der Waals surface area contributed by atoms with Crippen LogP contribution < -0.4 is 15.0 Å². The average Bonchev–Trinajstić information content (AvgIpc) is 3.22. The number of aryl methyl sites for hydroxylation is 2. The lowest BCUT2D eigenvalue weighted by atomic mass is 10.0. The van der Waals surface area contributed by atoms with E-state index in [1.54, 1.807) is 0 Å². The predicted molar refractivity (Wildman–Crippen MR) is 133 cm³/mol. The van der Waals surface area contributed by atoms with Gasteiger partial charge in [0.25, 0.3) is 0 Å². The Balaban J connectivity index is 0.00000259. The predicted octanol–water partition coefficient (Wildman–Crippen LogP) is 4.42. The smallest absolute Gasteiger partial charge is 0.224 e. The molecule has 1 aromatic heterocycles. The number of ether oxygens (including phenoxy) is 1. The summed E-state index contributed by atoms with van der Waals surface area (Å²) in [6, 6.07) is 12.3. The molecule has 2 aromatic carbocycles. The number of anilines is 2. The van der Waals surface area contributed by atoms with Gasteiger partial charge in [0, 0.05) is 44.4 Å². The van der Waals surface area contributed by atoms with Gasteiger partial charge in [0.2, 0.25) is 5.91 Å². The van der Waals surface area contributed by atoms with Gasteiger partial charge in [-0.25, -0.2) is 0 Å². The van der Waals surface area contributed by atoms with Gasteiger partial charge in [-0.15, -0.1) is 12.4 Å². The normalized spacial score (nSPS) is 16.3. The quantitative estimate of drug-likeness (QED) is 0.515. The molecule has 1 N–H and O–H groups in total. The van der Waals surface area contributed by atoms with Crippen LogP contribution >= 0.6 is 12.4 Å². The third-order valence-corrected chi connectivity index (χ3v) is 6.39. The summed E-state index contributed by atoms with van der Waals surface area (Å²) >= 11 is 0. The van der Waals surface area contributed by atoms with Gasteiger partial charge in [-0.2, -0.15) is 0 Å². The van der Waals surface area contributed by atoms with E-state index in [-0.39, 0.29) is 18.3 Å². The molecule has 0 radical (unpaired) electrons. The number of nitrogens with zero attached hydrogens (tertiary/aromatic N) is 3. The van der Waals surface area contributed by atoms with Crippen molar-refractivity contribution in [3.8, 4) is 5.75 Å². The first-order valence-corrected chi connectivity index (χ1v) is 11.5. The molecule has 33 heavy (non-hydrogen) atoms. The Kier molecular flexibility index (Phi) is 7.40. The highest BCUT2D eigenvalue weighted by Crippen LogP contribution is 2.28. The standard InChI is InChI=1S/C25H30N4O3.ClH/c1-18-4-8-21-23(16-18)32-27-25(21)29-13-11-28(12-14-29)10-2-3-15-31-20-7-5-19-6-9-24(30)26-22(19)17-20;/h4-5,7-8,16-17H,2-3,6,9-15H2,1H3,(H,26,30);1H. The Morgan fingerprint density at radius 1 is 1.06 bits per heavy atom. The third-order valence-electron chi connectivity index (χ3n) is 6.39. The molecular weight excluding hydrogens is 440 g/mol. The number of hydrogen-bond donors (Lipinski definition) is 1. The summed E-state index contributed by atoms with van der Waals surface area (Å²) in [7, 11) is 0. The molecule has 3 heterocycles. The van der Waals surface area contributed by atoms with E-state index in [4.69, 9.17) is 9.26 Å². The number of nitrogens with one attached hydrogen (secondary N) is 1. The molecule has 1 fully saturated rings. The molecule has 0 atom stereocenters. The van der Waals surface area contributed by atoms with Crippen LogP contribution in [0.4, 0.5) is 11.5 Å². The highest BCUT2D eigenvalue weighted by molar-refractivity contribution is 5.94. The van der Waals surface area contributed by atoms with E-state index in [2.05, 4.69) is 45.4 Å². The Labute approximate surface area is 200 Å². The van der Waals surface area contributed by atoms with Crippen LogP contribution in [0.1, 0.15) is 30.4 Å². The number of aromatic nitrogens is 1. The summed E-state index contributed by atoms with van der Waals surface area (Å²) in [5.74, 6) is 1.88. The molecule has 2 aliphatic heterocycles. The van der Waals surface area contributed by atoms with E-state index in [0.717, 1.165) is 80.2 Å². The number of rotatable bonds is 7. The van der Waals surface area contributed by atoms with Gasteiger partial charge in [-0.1, -0.05) is 17.3 Å². The van der Waals surface area contributed by atoms with Gasteiger partial charge in [0.15, 0.2) is 11.4 Å². The monoisotopic (exact) mass is 470 g/mol. The topological polar surface area (TPSA) is 70.8 Å². The molecule has 3 aromatic rings. The van der Waals surface area contributed by atoms with Gasteiger partial charge in [-0.05, 0) is 62.1 Å². The van der Waals surface area contributed by atoms with E-state index in [0.29, 0.717) is 13.0 Å². The molecule has 0 bridgehead atoms. The van der Waals surface area contributed by atoms with Crippen molar-refractivity contribution in [1.82, 2.24) is 10.1 Å². The van der Waals surface area contributed by atoms with E-state index in [1.807, 2.05) is 18.2 Å². The van der Waals surface area contributed by atoms with Crippen LogP contribution in [-0.2, 0) is 11.2 Å². The maximum absolute atomic E-state index is 11.6. The van der Waals surface area contributed by atoms with Crippen LogP contribution in [0.25, 0.3) is 11.0 Å². The van der Waals surface area contributed by atoms with Crippen LogP contribution in [0.2, 0.25) is 0 Å². The highest BCUT2D eigenvalue weighted by atomic mass is 35.5. The zero-order chi connectivity index (χ0) is 21.9. The van der Waals surface area contributed by atoms with Crippen LogP contribution in [-0.4, -0.2) is 55.3 Å². The van der Waals surface area contributed by atoms with Crippen LogP contribution in [0, 0.1) is 6.92 Å². The van der Waals surface area contributed by atoms with E-state index in [9.17, 15) is 4.79 Å². The number of carbonyl (C=O) groups excluding carboxylic acids is 1. The van der Waals surface area contributed by atoms with Gasteiger partial charge < -0.3 is 19.5 Å². The lowest BCUT2D eigenvalue weighted by molar-refractivity contribution is -0.116. The molecule has 1 amide bonds. The summed E-state index contributed by atoms with van der Waals surface area (Å²) in [5.41, 5.74) is 4.13. The zero-order valence-corrected chi connectivity index (χ0v) is 19.8. The van der Waals surface area contributed by atoms with Crippen molar-refractivity contribution in [2.24, 2.45) is 0 Å². The fourth-order valence-corrected chi connectivity index (χ4v) is 4.51. The molecule has 0 unspecified atom stereocenters. The largest absolute Gasteiger partial charge is 0.494 e. The Morgan fingerprint density at radius 2 is 1.91 bits per heavy atom. The minimum atomic E-state index is 0. The lowest BCUT2D eigenvalue weighted by Crippen LogP contribution is -2.46. The minimum Gasteiger partial charge on any atom is -0.494 e. The van der Waals surface area contributed by atoms with E-state index < -0.39 is 0 Å². The molecular formula is C25H31ClN4O3. The second-order valence-electron chi connectivity index (χ2n) is 8.76. The van der Waals surface area contributed by atoms with Crippen LogP contribution in [0.3, 0.4) is 0 Å². The first-order valence-electron chi connectivity index (χ1n) is 11.5. The fourth-order valence-electron chi connectivity index (χ4n) is 4.51. The van der Waals surface area contributed by atoms with Crippen molar-refractivity contribution < 1.29 is 14.1 Å². The summed E-state index contributed by atoms with van der Waals surface area (Å²) < 4.78 is 11.4. The second-order valence-corrected chi connectivity index (χ2v) is 8.76. The Hall–Kier alpha value is -2.77. The summed E-state index contributed by atoms with van der Waals surface area (Å²) in [6.07, 6.45) is 3.49. The van der Waals surface area contributed by atoms with Gasteiger partial charge in [0.05, 0.1) is 12.0 Å². The fraction of sp³-hybridized carbons (Fsp3) is 0.440. The number of fused-ring (bicyclic) bond motifs is 2. The maximum Gasteiger partial charge on any atom is 0.224 e. The number of unbranched alkanes of at least 4 members (excludes halogenated alkanes) is 1. The molecule has 7 nitrogen and oxygen atoms in total. The van der Waals surface area contributed by atoms with Crippen LogP contribution in [0.15, 0.2) is 40.9 Å². The number of hydrogen-bond acceptors (Lipinski definition) is 6.